The van der Waals surface area contributed by atoms with E-state index in [2.05, 4.69) is 32.4 Å². The summed E-state index contributed by atoms with van der Waals surface area (Å²) >= 11 is 1.72. The number of nitrogens with zero attached hydrogens (tertiary/aromatic N) is 3. The molecule has 0 bridgehead atoms. The fourth-order valence-corrected chi connectivity index (χ4v) is 4.39. The number of ether oxygens (including phenoxy) is 1. The molecular formula is C17H30IN5OS. The van der Waals surface area contributed by atoms with E-state index in [9.17, 15) is 0 Å². The topological polar surface area (TPSA) is 61.8 Å². The van der Waals surface area contributed by atoms with E-state index in [0.29, 0.717) is 0 Å². The Kier molecular flexibility index (Phi) is 8.37. The van der Waals surface area contributed by atoms with Gasteiger partial charge >= 0.3 is 0 Å². The van der Waals surface area contributed by atoms with E-state index in [1.807, 2.05) is 13.2 Å². The second-order valence-electron chi connectivity index (χ2n) is 6.67. The lowest BCUT2D eigenvalue weighted by molar-refractivity contribution is -0.0164. The fourth-order valence-electron chi connectivity index (χ4n) is 3.66. The molecule has 2 aliphatic heterocycles. The highest BCUT2D eigenvalue weighted by Crippen LogP contribution is 2.30. The van der Waals surface area contributed by atoms with Gasteiger partial charge in [-0.1, -0.05) is 0 Å². The molecule has 2 saturated heterocycles. The van der Waals surface area contributed by atoms with Crippen LogP contribution in [0.3, 0.4) is 0 Å². The summed E-state index contributed by atoms with van der Waals surface area (Å²) in [6.07, 6.45) is 6.76. The normalized spacial score (nSPS) is 21.0. The Balaban J connectivity index is 0.00000225. The summed E-state index contributed by atoms with van der Waals surface area (Å²) in [5.41, 5.74) is 0.212. The Morgan fingerprint density at radius 2 is 2.04 bits per heavy atom. The number of halogens is 1. The molecule has 1 aromatic rings. The van der Waals surface area contributed by atoms with Gasteiger partial charge in [0, 0.05) is 43.4 Å². The summed E-state index contributed by atoms with van der Waals surface area (Å²) in [7, 11) is 1.83. The van der Waals surface area contributed by atoms with Crippen LogP contribution in [0.25, 0.3) is 0 Å². The monoisotopic (exact) mass is 479 g/mol. The largest absolute Gasteiger partial charge is 0.381 e. The Labute approximate surface area is 171 Å². The van der Waals surface area contributed by atoms with Gasteiger partial charge < -0.3 is 15.4 Å². The van der Waals surface area contributed by atoms with Crippen molar-refractivity contribution in [1.29, 1.82) is 0 Å². The van der Waals surface area contributed by atoms with E-state index < -0.39 is 0 Å². The van der Waals surface area contributed by atoms with Crippen molar-refractivity contribution in [2.75, 3.05) is 39.9 Å². The number of hydrogen-bond acceptors (Lipinski definition) is 5. The lowest BCUT2D eigenvalue weighted by Crippen LogP contribution is -2.58. The lowest BCUT2D eigenvalue weighted by Gasteiger charge is -2.45. The molecule has 0 spiro atoms. The first-order valence-electron chi connectivity index (χ1n) is 8.90. The molecule has 0 aromatic carbocycles. The number of nitrogens with one attached hydrogen (secondary N) is 2. The van der Waals surface area contributed by atoms with Crippen LogP contribution in [0.1, 0.15) is 35.6 Å². The number of thiazole rings is 1. The molecule has 0 radical (unpaired) electrons. The van der Waals surface area contributed by atoms with Gasteiger partial charge in [-0.25, -0.2) is 4.98 Å². The smallest absolute Gasteiger partial charge is 0.191 e. The van der Waals surface area contributed by atoms with Crippen molar-refractivity contribution in [3.63, 3.8) is 0 Å². The van der Waals surface area contributed by atoms with Crippen molar-refractivity contribution in [3.8, 4) is 0 Å². The van der Waals surface area contributed by atoms with Crippen molar-refractivity contribution in [1.82, 2.24) is 20.5 Å². The molecule has 0 aliphatic carbocycles. The van der Waals surface area contributed by atoms with Crippen molar-refractivity contribution < 1.29 is 4.74 Å². The molecule has 0 unspecified atom stereocenters. The van der Waals surface area contributed by atoms with E-state index in [0.717, 1.165) is 50.1 Å². The maximum atomic E-state index is 5.62. The quantitative estimate of drug-likeness (QED) is 0.386. The molecule has 0 saturated carbocycles. The van der Waals surface area contributed by atoms with Crippen LogP contribution >= 0.6 is 35.3 Å². The molecule has 0 atom stereocenters. The van der Waals surface area contributed by atoms with E-state index in [4.69, 9.17) is 4.74 Å². The summed E-state index contributed by atoms with van der Waals surface area (Å²) in [6, 6.07) is 0. The second-order valence-corrected chi connectivity index (χ2v) is 7.99. The molecule has 2 fully saturated rings. The molecule has 3 rings (SSSR count). The predicted octanol–water partition coefficient (Wildman–Crippen LogP) is 2.38. The Bertz CT molecular complexity index is 553. The zero-order valence-corrected chi connectivity index (χ0v) is 18.4. The number of aliphatic imine (C=N–C) groups is 1. The lowest BCUT2D eigenvalue weighted by atomic mass is 9.88. The molecule has 142 valence electrons. The predicted molar refractivity (Wildman–Crippen MR) is 114 cm³/mol. The van der Waals surface area contributed by atoms with Gasteiger partial charge in [0.25, 0.3) is 0 Å². The average molecular weight is 479 g/mol. The first-order chi connectivity index (χ1) is 11.7. The number of aromatic nitrogens is 1. The number of likely N-dealkylation sites (tertiary alicyclic amines) is 1. The van der Waals surface area contributed by atoms with Crippen LogP contribution in [0.2, 0.25) is 0 Å². The molecule has 25 heavy (non-hydrogen) atoms. The number of rotatable bonds is 5. The maximum absolute atomic E-state index is 5.62. The summed E-state index contributed by atoms with van der Waals surface area (Å²) in [4.78, 5) is 12.7. The first-order valence-corrected chi connectivity index (χ1v) is 9.72. The minimum Gasteiger partial charge on any atom is -0.381 e. The van der Waals surface area contributed by atoms with Crippen LogP contribution in [0, 0.1) is 6.92 Å². The van der Waals surface area contributed by atoms with Crippen molar-refractivity contribution >= 4 is 41.3 Å². The molecule has 8 heteroatoms. The molecule has 0 amide bonds. The van der Waals surface area contributed by atoms with Crippen LogP contribution in [-0.2, 0) is 11.3 Å². The number of hydrogen-bond donors (Lipinski definition) is 2. The number of guanidine groups is 1. The molecule has 2 N–H and O–H groups in total. The average Bonchev–Trinajstić information content (AvgIpc) is 3.28. The van der Waals surface area contributed by atoms with Gasteiger partial charge in [0.05, 0.1) is 6.54 Å². The molecule has 3 heterocycles. The zero-order chi connectivity index (χ0) is 16.8. The summed E-state index contributed by atoms with van der Waals surface area (Å²) in [5.74, 6) is 0.855. The van der Waals surface area contributed by atoms with Crippen LogP contribution in [0.15, 0.2) is 11.2 Å². The summed E-state index contributed by atoms with van der Waals surface area (Å²) < 4.78 is 5.62. The SMILES string of the molecule is CN=C(NCc1ncc(C)s1)NCC1(N2CCCC2)CCOCC1.I. The van der Waals surface area contributed by atoms with Gasteiger partial charge in [0.2, 0.25) is 0 Å². The minimum atomic E-state index is 0. The van der Waals surface area contributed by atoms with Crippen molar-refractivity contribution in [2.24, 2.45) is 4.99 Å². The zero-order valence-electron chi connectivity index (χ0n) is 15.2. The van der Waals surface area contributed by atoms with E-state index >= 15 is 0 Å². The molecule has 6 nitrogen and oxygen atoms in total. The fraction of sp³-hybridized carbons (Fsp3) is 0.765. The van der Waals surface area contributed by atoms with Crippen molar-refractivity contribution in [2.45, 2.75) is 44.7 Å². The molecular weight excluding hydrogens is 449 g/mol. The molecule has 1 aromatic heterocycles. The van der Waals surface area contributed by atoms with Gasteiger partial charge in [-0.15, -0.1) is 35.3 Å². The third-order valence-electron chi connectivity index (χ3n) is 5.09. The Hall–Kier alpha value is -0.450. The Morgan fingerprint density at radius 3 is 2.64 bits per heavy atom. The minimum absolute atomic E-state index is 0. The third-order valence-corrected chi connectivity index (χ3v) is 6.00. The second kappa shape index (κ2) is 10.0. The highest BCUT2D eigenvalue weighted by Gasteiger charge is 2.39. The highest BCUT2D eigenvalue weighted by molar-refractivity contribution is 14.0. The third kappa shape index (κ3) is 5.51. The Morgan fingerprint density at radius 1 is 1.32 bits per heavy atom. The van der Waals surface area contributed by atoms with Gasteiger partial charge in [0.1, 0.15) is 5.01 Å². The van der Waals surface area contributed by atoms with Gasteiger partial charge in [-0.05, 0) is 45.7 Å². The maximum Gasteiger partial charge on any atom is 0.191 e. The van der Waals surface area contributed by atoms with Gasteiger partial charge in [-0.2, -0.15) is 0 Å². The first kappa shape index (κ1) is 20.9. The van der Waals surface area contributed by atoms with E-state index in [1.165, 1.54) is 30.8 Å². The van der Waals surface area contributed by atoms with E-state index in [-0.39, 0.29) is 29.5 Å². The van der Waals surface area contributed by atoms with E-state index in [1.54, 1.807) is 11.3 Å². The summed E-state index contributed by atoms with van der Waals surface area (Å²) in [6.45, 7) is 7.88. The van der Waals surface area contributed by atoms with Gasteiger partial charge in [0.15, 0.2) is 5.96 Å². The van der Waals surface area contributed by atoms with Crippen LogP contribution in [-0.4, -0.2) is 61.3 Å². The van der Waals surface area contributed by atoms with Gasteiger partial charge in [-0.3, -0.25) is 9.89 Å². The van der Waals surface area contributed by atoms with Crippen molar-refractivity contribution in [3.05, 3.63) is 16.1 Å². The summed E-state index contributed by atoms with van der Waals surface area (Å²) in [5, 5.41) is 8.03. The number of aryl methyl sites for hydroxylation is 1. The van der Waals surface area contributed by atoms with Crippen LogP contribution < -0.4 is 10.6 Å². The highest BCUT2D eigenvalue weighted by atomic mass is 127. The standard InChI is InChI=1S/C17H29N5OS.HI/c1-14-11-19-15(24-14)12-20-16(18-2)21-13-17(5-9-23-10-6-17)22-7-3-4-8-22;/h11H,3-10,12-13H2,1-2H3,(H2,18,20,21);1H. The van der Waals surface area contributed by atoms with Crippen LogP contribution in [0.4, 0.5) is 0 Å². The molecule has 2 aliphatic rings. The van der Waals surface area contributed by atoms with Crippen LogP contribution in [0.5, 0.6) is 0 Å².